The molecule has 0 fully saturated rings. The van der Waals surface area contributed by atoms with Crippen LogP contribution in [0.25, 0.3) is 0 Å². The molecule has 116 valence electrons. The van der Waals surface area contributed by atoms with Crippen molar-refractivity contribution >= 4 is 11.7 Å². The van der Waals surface area contributed by atoms with Gasteiger partial charge in [-0.2, -0.15) is 5.10 Å². The monoisotopic (exact) mass is 307 g/mol. The van der Waals surface area contributed by atoms with E-state index in [9.17, 15) is 19.3 Å². The zero-order valence-electron chi connectivity index (χ0n) is 11.5. The van der Waals surface area contributed by atoms with Gasteiger partial charge in [0.2, 0.25) is 0 Å². The van der Waals surface area contributed by atoms with E-state index in [2.05, 4.69) is 15.7 Å². The van der Waals surface area contributed by atoms with Crippen molar-refractivity contribution in [3.8, 4) is 0 Å². The lowest BCUT2D eigenvalue weighted by Gasteiger charge is -2.07. The molecule has 0 aliphatic carbocycles. The lowest BCUT2D eigenvalue weighted by atomic mass is 10.2. The maximum Gasteiger partial charge on any atom is 0.315 e. The second-order valence-corrected chi connectivity index (χ2v) is 4.46. The summed E-state index contributed by atoms with van der Waals surface area (Å²) in [4.78, 5) is 21.5. The van der Waals surface area contributed by atoms with Crippen molar-refractivity contribution in [1.29, 1.82) is 0 Å². The number of nitro groups is 1. The molecule has 9 heteroatoms. The molecule has 2 N–H and O–H groups in total. The Balaban J connectivity index is 1.70. The van der Waals surface area contributed by atoms with Gasteiger partial charge in [0.15, 0.2) is 0 Å². The lowest BCUT2D eigenvalue weighted by Crippen LogP contribution is -2.36. The van der Waals surface area contributed by atoms with Crippen LogP contribution < -0.4 is 10.6 Å². The Kier molecular flexibility index (Phi) is 5.02. The molecular weight excluding hydrogens is 293 g/mol. The molecule has 0 aliphatic rings. The summed E-state index contributed by atoms with van der Waals surface area (Å²) in [5.74, 6) is -0.361. The first-order valence-corrected chi connectivity index (χ1v) is 6.47. The summed E-state index contributed by atoms with van der Waals surface area (Å²) >= 11 is 0. The number of amides is 2. The smallest absolute Gasteiger partial charge is 0.315 e. The number of aromatic nitrogens is 2. The second kappa shape index (κ2) is 7.16. The molecule has 0 atom stereocenters. The maximum atomic E-state index is 13.0. The van der Waals surface area contributed by atoms with Crippen molar-refractivity contribution < 1.29 is 14.1 Å². The van der Waals surface area contributed by atoms with Crippen LogP contribution in [0.4, 0.5) is 14.9 Å². The Morgan fingerprint density at radius 2 is 2.23 bits per heavy atom. The first-order chi connectivity index (χ1) is 10.5. The first kappa shape index (κ1) is 15.4. The minimum Gasteiger partial charge on any atom is -0.336 e. The number of hydrogen-bond donors (Lipinski definition) is 2. The van der Waals surface area contributed by atoms with Gasteiger partial charge < -0.3 is 10.6 Å². The highest BCUT2D eigenvalue weighted by Crippen LogP contribution is 2.07. The molecule has 0 radical (unpaired) electrons. The van der Waals surface area contributed by atoms with Crippen LogP contribution in [0.15, 0.2) is 36.7 Å². The molecule has 1 aromatic carbocycles. The molecule has 0 bridgehead atoms. The summed E-state index contributed by atoms with van der Waals surface area (Å²) in [5.41, 5.74) is 0.549. The van der Waals surface area contributed by atoms with Crippen LogP contribution in [0.1, 0.15) is 5.56 Å². The van der Waals surface area contributed by atoms with Gasteiger partial charge in [0.1, 0.15) is 18.2 Å². The molecule has 1 heterocycles. The fourth-order valence-corrected chi connectivity index (χ4v) is 1.74. The zero-order valence-corrected chi connectivity index (χ0v) is 11.5. The van der Waals surface area contributed by atoms with Gasteiger partial charge in [-0.3, -0.25) is 14.8 Å². The third-order valence-electron chi connectivity index (χ3n) is 2.80. The van der Waals surface area contributed by atoms with Crippen molar-refractivity contribution in [3.63, 3.8) is 0 Å². The van der Waals surface area contributed by atoms with Gasteiger partial charge in [0, 0.05) is 13.1 Å². The Morgan fingerprint density at radius 1 is 1.41 bits per heavy atom. The average molecular weight is 307 g/mol. The van der Waals surface area contributed by atoms with Crippen LogP contribution >= 0.6 is 0 Å². The summed E-state index contributed by atoms with van der Waals surface area (Å²) in [6, 6.07) is 5.52. The summed E-state index contributed by atoms with van der Waals surface area (Å²) in [6.45, 7) is 0.770. The highest BCUT2D eigenvalue weighted by atomic mass is 19.1. The standard InChI is InChI=1S/C13H14FN5O3/c14-11-3-1-2-10(6-11)7-16-13(20)15-4-5-18-9-12(8-17-18)19(21)22/h1-3,6,8-9H,4-5,7H2,(H2,15,16,20). The lowest BCUT2D eigenvalue weighted by molar-refractivity contribution is -0.385. The van der Waals surface area contributed by atoms with Gasteiger partial charge in [-0.05, 0) is 17.7 Å². The van der Waals surface area contributed by atoms with Gasteiger partial charge in [-0.15, -0.1) is 0 Å². The summed E-state index contributed by atoms with van der Waals surface area (Å²) in [7, 11) is 0. The summed E-state index contributed by atoms with van der Waals surface area (Å²) in [6.07, 6.45) is 2.43. The number of urea groups is 1. The predicted octanol–water partition coefficient (Wildman–Crippen LogP) is 1.43. The van der Waals surface area contributed by atoms with Crippen molar-refractivity contribution in [1.82, 2.24) is 20.4 Å². The van der Waals surface area contributed by atoms with Crippen molar-refractivity contribution in [3.05, 3.63) is 58.2 Å². The normalized spacial score (nSPS) is 10.2. The number of carbonyl (C=O) groups is 1. The minimum absolute atomic E-state index is 0.101. The molecule has 0 saturated heterocycles. The molecule has 22 heavy (non-hydrogen) atoms. The van der Waals surface area contributed by atoms with Crippen molar-refractivity contribution in [2.24, 2.45) is 0 Å². The number of nitrogens with one attached hydrogen (secondary N) is 2. The molecule has 0 unspecified atom stereocenters. The van der Waals surface area contributed by atoms with Crippen LogP contribution in [0.2, 0.25) is 0 Å². The van der Waals surface area contributed by atoms with Crippen LogP contribution in [0.5, 0.6) is 0 Å². The van der Waals surface area contributed by atoms with Crippen LogP contribution in [0.3, 0.4) is 0 Å². The Hall–Kier alpha value is -2.97. The SMILES string of the molecule is O=C(NCCn1cc([N+](=O)[O-])cn1)NCc1cccc(F)c1. The number of hydrogen-bond acceptors (Lipinski definition) is 4. The molecule has 2 rings (SSSR count). The van der Waals surface area contributed by atoms with Crippen LogP contribution in [-0.2, 0) is 13.1 Å². The van der Waals surface area contributed by atoms with Gasteiger partial charge in [-0.1, -0.05) is 12.1 Å². The first-order valence-electron chi connectivity index (χ1n) is 6.47. The maximum absolute atomic E-state index is 13.0. The fourth-order valence-electron chi connectivity index (χ4n) is 1.74. The van der Waals surface area contributed by atoms with Gasteiger partial charge in [0.05, 0.1) is 11.5 Å². The molecule has 0 aliphatic heterocycles. The van der Waals surface area contributed by atoms with Gasteiger partial charge in [-0.25, -0.2) is 9.18 Å². The third-order valence-corrected chi connectivity index (χ3v) is 2.80. The van der Waals surface area contributed by atoms with E-state index in [1.165, 1.54) is 23.0 Å². The fraction of sp³-hybridized carbons (Fsp3) is 0.231. The van der Waals surface area contributed by atoms with E-state index < -0.39 is 11.0 Å². The minimum atomic E-state index is -0.539. The molecule has 2 amide bonds. The quantitative estimate of drug-likeness (QED) is 0.622. The number of rotatable bonds is 6. The summed E-state index contributed by atoms with van der Waals surface area (Å²) < 4.78 is 14.3. The van der Waals surface area contributed by atoms with E-state index in [-0.39, 0.29) is 24.6 Å². The van der Waals surface area contributed by atoms with E-state index in [1.54, 1.807) is 12.1 Å². The number of nitrogens with zero attached hydrogens (tertiary/aromatic N) is 3. The highest BCUT2D eigenvalue weighted by molar-refractivity contribution is 5.73. The van der Waals surface area contributed by atoms with E-state index in [4.69, 9.17) is 0 Å². The van der Waals surface area contributed by atoms with Gasteiger partial charge in [0.25, 0.3) is 0 Å². The van der Waals surface area contributed by atoms with Crippen molar-refractivity contribution in [2.45, 2.75) is 13.1 Å². The molecule has 8 nitrogen and oxygen atoms in total. The highest BCUT2D eigenvalue weighted by Gasteiger charge is 2.08. The number of halogens is 1. The molecular formula is C13H14FN5O3. The van der Waals surface area contributed by atoms with Crippen LogP contribution in [-0.4, -0.2) is 27.3 Å². The Morgan fingerprint density at radius 3 is 2.91 bits per heavy atom. The Bertz CT molecular complexity index is 673. The largest absolute Gasteiger partial charge is 0.336 e. The van der Waals surface area contributed by atoms with E-state index in [1.807, 2.05) is 0 Å². The molecule has 1 aromatic heterocycles. The van der Waals surface area contributed by atoms with E-state index in [0.717, 1.165) is 6.20 Å². The molecule has 0 saturated carbocycles. The average Bonchev–Trinajstić information content (AvgIpc) is 2.94. The van der Waals surface area contributed by atoms with Crippen molar-refractivity contribution in [2.75, 3.05) is 6.54 Å². The zero-order chi connectivity index (χ0) is 15.9. The number of benzene rings is 1. The van der Waals surface area contributed by atoms with Crippen LogP contribution in [0, 0.1) is 15.9 Å². The predicted molar refractivity (Wildman–Crippen MR) is 75.5 cm³/mol. The molecule has 0 spiro atoms. The summed E-state index contributed by atoms with van der Waals surface area (Å²) in [5, 5.41) is 19.4. The van der Waals surface area contributed by atoms with Gasteiger partial charge >= 0.3 is 11.7 Å². The number of carbonyl (C=O) groups excluding carboxylic acids is 1. The Labute approximate surface area is 125 Å². The third kappa shape index (κ3) is 4.54. The second-order valence-electron chi connectivity index (χ2n) is 4.46. The molecule has 2 aromatic rings. The van der Waals surface area contributed by atoms with E-state index >= 15 is 0 Å². The topological polar surface area (TPSA) is 102 Å². The van der Waals surface area contributed by atoms with E-state index in [0.29, 0.717) is 12.1 Å².